The van der Waals surface area contributed by atoms with Gasteiger partial charge in [-0.1, -0.05) is 11.6 Å². The molecule has 0 spiro atoms. The molecule has 5 heteroatoms. The van der Waals surface area contributed by atoms with E-state index in [4.69, 9.17) is 32.9 Å². The lowest BCUT2D eigenvalue weighted by Crippen LogP contribution is -2.23. The predicted molar refractivity (Wildman–Crippen MR) is 85.3 cm³/mol. The number of hydrogen-bond donors (Lipinski definition) is 0. The summed E-state index contributed by atoms with van der Waals surface area (Å²) in [5, 5.41) is 0.728. The molecule has 0 radical (unpaired) electrons. The van der Waals surface area contributed by atoms with Crippen LogP contribution in [0.25, 0.3) is 11.0 Å². The summed E-state index contributed by atoms with van der Waals surface area (Å²) in [5.41, 5.74) is 2.12. The van der Waals surface area contributed by atoms with Crippen molar-refractivity contribution in [1.29, 1.82) is 0 Å². The summed E-state index contributed by atoms with van der Waals surface area (Å²) >= 11 is 12.1. The second kappa shape index (κ2) is 5.45. The molecule has 4 rings (SSSR count). The largest absolute Gasteiger partial charge is 0.376 e. The van der Waals surface area contributed by atoms with Crippen molar-refractivity contribution in [3.05, 3.63) is 29.0 Å². The van der Waals surface area contributed by atoms with Gasteiger partial charge in [0.15, 0.2) is 0 Å². The maximum atomic E-state index is 6.11. The van der Waals surface area contributed by atoms with Crippen LogP contribution in [0.1, 0.15) is 31.1 Å². The summed E-state index contributed by atoms with van der Waals surface area (Å²) in [5.74, 6) is 2.37. The van der Waals surface area contributed by atoms with E-state index in [1.807, 2.05) is 12.1 Å². The maximum Gasteiger partial charge on any atom is 0.111 e. The number of hydrogen-bond acceptors (Lipinski definition) is 2. The monoisotopic (exact) mass is 324 g/mol. The summed E-state index contributed by atoms with van der Waals surface area (Å²) in [7, 11) is 0. The summed E-state index contributed by atoms with van der Waals surface area (Å²) in [4.78, 5) is 4.76. The normalized spacial score (nSPS) is 25.8. The molecule has 21 heavy (non-hydrogen) atoms. The Morgan fingerprint density at radius 2 is 2.14 bits per heavy atom. The highest BCUT2D eigenvalue weighted by atomic mass is 35.5. The summed E-state index contributed by atoms with van der Waals surface area (Å²) in [6.45, 7) is 0.847. The van der Waals surface area contributed by atoms with Crippen LogP contribution in [-0.2, 0) is 11.2 Å². The molecule has 1 aromatic heterocycles. The van der Waals surface area contributed by atoms with E-state index < -0.39 is 0 Å². The van der Waals surface area contributed by atoms with E-state index in [1.54, 1.807) is 0 Å². The molecule has 2 unspecified atom stereocenters. The standard InChI is InChI=1S/C16H18Cl2N2O/c17-7-5-15-19-12-9-11(18)3-4-13(12)20(15)14-6-8-21-16(14)10-1-2-10/h3-4,9-10,14,16H,1-2,5-8H2. The van der Waals surface area contributed by atoms with Crippen LogP contribution in [0.4, 0.5) is 0 Å². The van der Waals surface area contributed by atoms with E-state index in [2.05, 4.69) is 10.6 Å². The molecule has 1 aliphatic heterocycles. The summed E-state index contributed by atoms with van der Waals surface area (Å²) < 4.78 is 8.38. The number of aromatic nitrogens is 2. The van der Waals surface area contributed by atoms with E-state index in [-0.39, 0.29) is 0 Å². The van der Waals surface area contributed by atoms with Gasteiger partial charge in [-0.2, -0.15) is 0 Å². The molecule has 2 fully saturated rings. The van der Waals surface area contributed by atoms with Crippen LogP contribution in [0.2, 0.25) is 5.02 Å². The number of imidazole rings is 1. The number of nitrogens with zero attached hydrogens (tertiary/aromatic N) is 2. The fourth-order valence-electron chi connectivity index (χ4n) is 3.50. The first kappa shape index (κ1) is 13.9. The quantitative estimate of drug-likeness (QED) is 0.787. The lowest BCUT2D eigenvalue weighted by Gasteiger charge is -2.22. The topological polar surface area (TPSA) is 27.1 Å². The molecular weight excluding hydrogens is 307 g/mol. The van der Waals surface area contributed by atoms with Gasteiger partial charge in [-0.25, -0.2) is 4.98 Å². The molecule has 2 atom stereocenters. The zero-order chi connectivity index (χ0) is 14.4. The van der Waals surface area contributed by atoms with Crippen molar-refractivity contribution in [1.82, 2.24) is 9.55 Å². The molecule has 3 nitrogen and oxygen atoms in total. The zero-order valence-electron chi connectivity index (χ0n) is 11.8. The van der Waals surface area contributed by atoms with E-state index in [0.717, 1.165) is 47.2 Å². The van der Waals surface area contributed by atoms with Crippen LogP contribution in [0, 0.1) is 5.92 Å². The van der Waals surface area contributed by atoms with Crippen molar-refractivity contribution < 1.29 is 4.74 Å². The van der Waals surface area contributed by atoms with Gasteiger partial charge in [0.05, 0.1) is 23.2 Å². The first-order valence-electron chi connectivity index (χ1n) is 7.62. The molecule has 1 aliphatic carbocycles. The van der Waals surface area contributed by atoms with Gasteiger partial charge in [0.1, 0.15) is 5.82 Å². The minimum atomic E-state index is 0.340. The molecule has 1 saturated carbocycles. The second-order valence-corrected chi connectivity index (χ2v) is 6.81. The lowest BCUT2D eigenvalue weighted by molar-refractivity contribution is 0.0753. The molecule has 2 aliphatic rings. The van der Waals surface area contributed by atoms with Gasteiger partial charge in [0.25, 0.3) is 0 Å². The van der Waals surface area contributed by atoms with Gasteiger partial charge in [-0.15, -0.1) is 11.6 Å². The first-order chi connectivity index (χ1) is 10.3. The Bertz CT molecular complexity index is 666. The predicted octanol–water partition coefficient (Wildman–Crippen LogP) is 4.21. The Labute approximate surface area is 134 Å². The van der Waals surface area contributed by atoms with Gasteiger partial charge < -0.3 is 9.30 Å². The fraction of sp³-hybridized carbons (Fsp3) is 0.562. The third-order valence-corrected chi connectivity index (χ3v) is 4.99. The van der Waals surface area contributed by atoms with E-state index in [9.17, 15) is 0 Å². The third kappa shape index (κ3) is 2.45. The number of alkyl halides is 1. The summed E-state index contributed by atoms with van der Waals surface area (Å²) in [6, 6.07) is 6.34. The average molecular weight is 325 g/mol. The third-order valence-electron chi connectivity index (χ3n) is 4.56. The fourth-order valence-corrected chi connectivity index (χ4v) is 3.84. The molecule has 1 saturated heterocycles. The van der Waals surface area contributed by atoms with Crippen LogP contribution >= 0.6 is 23.2 Å². The zero-order valence-corrected chi connectivity index (χ0v) is 13.3. The molecule has 0 amide bonds. The van der Waals surface area contributed by atoms with Gasteiger partial charge in [0, 0.05) is 23.9 Å². The van der Waals surface area contributed by atoms with E-state index >= 15 is 0 Å². The second-order valence-electron chi connectivity index (χ2n) is 6.00. The Balaban J connectivity index is 1.82. The van der Waals surface area contributed by atoms with Crippen molar-refractivity contribution in [2.45, 2.75) is 37.8 Å². The van der Waals surface area contributed by atoms with Gasteiger partial charge in [-0.05, 0) is 43.4 Å². The highest BCUT2D eigenvalue weighted by Gasteiger charge is 2.42. The summed E-state index contributed by atoms with van der Waals surface area (Å²) in [6.07, 6.45) is 4.77. The van der Waals surface area contributed by atoms with Crippen LogP contribution in [0.3, 0.4) is 0 Å². The lowest BCUT2D eigenvalue weighted by atomic mass is 10.1. The molecular formula is C16H18Cl2N2O. The molecule has 2 heterocycles. The van der Waals surface area contributed by atoms with Crippen molar-refractivity contribution in [3.8, 4) is 0 Å². The number of rotatable bonds is 4. The van der Waals surface area contributed by atoms with Gasteiger partial charge in [-0.3, -0.25) is 0 Å². The smallest absolute Gasteiger partial charge is 0.111 e. The number of ether oxygens (including phenoxy) is 1. The number of fused-ring (bicyclic) bond motifs is 1. The van der Waals surface area contributed by atoms with Gasteiger partial charge in [0.2, 0.25) is 0 Å². The van der Waals surface area contributed by atoms with E-state index in [1.165, 1.54) is 12.8 Å². The Kier molecular flexibility index (Phi) is 3.60. The van der Waals surface area contributed by atoms with Crippen LogP contribution in [0.5, 0.6) is 0 Å². The van der Waals surface area contributed by atoms with Crippen molar-refractivity contribution in [2.24, 2.45) is 5.92 Å². The Morgan fingerprint density at radius 1 is 1.29 bits per heavy atom. The van der Waals surface area contributed by atoms with Crippen molar-refractivity contribution in [2.75, 3.05) is 12.5 Å². The first-order valence-corrected chi connectivity index (χ1v) is 8.53. The minimum Gasteiger partial charge on any atom is -0.376 e. The van der Waals surface area contributed by atoms with Crippen molar-refractivity contribution >= 4 is 34.2 Å². The van der Waals surface area contributed by atoms with Crippen LogP contribution in [0.15, 0.2) is 18.2 Å². The number of aryl methyl sites for hydroxylation is 1. The average Bonchev–Trinajstić information content (AvgIpc) is 3.09. The van der Waals surface area contributed by atoms with Gasteiger partial charge >= 0.3 is 0 Å². The molecule has 112 valence electrons. The maximum absolute atomic E-state index is 6.11. The number of benzene rings is 1. The highest BCUT2D eigenvalue weighted by molar-refractivity contribution is 6.31. The highest BCUT2D eigenvalue weighted by Crippen LogP contribution is 2.44. The molecule has 2 aromatic rings. The molecule has 1 aromatic carbocycles. The molecule has 0 bridgehead atoms. The Hall–Kier alpha value is -0.770. The Morgan fingerprint density at radius 3 is 2.90 bits per heavy atom. The number of halogens is 2. The van der Waals surface area contributed by atoms with Crippen LogP contribution in [-0.4, -0.2) is 28.1 Å². The van der Waals surface area contributed by atoms with E-state index in [0.29, 0.717) is 18.0 Å². The van der Waals surface area contributed by atoms with Crippen molar-refractivity contribution in [3.63, 3.8) is 0 Å². The van der Waals surface area contributed by atoms with Crippen LogP contribution < -0.4 is 0 Å². The SMILES string of the molecule is ClCCc1nc2cc(Cl)ccc2n1C1CCOC1C1CC1. The molecule has 0 N–H and O–H groups in total. The minimum absolute atomic E-state index is 0.340.